The molecule has 0 saturated heterocycles. The zero-order valence-electron chi connectivity index (χ0n) is 8.67. The molecule has 90 valence electrons. The maximum absolute atomic E-state index is 11.8. The Morgan fingerprint density at radius 1 is 1.62 bits per heavy atom. The lowest BCUT2D eigenvalue weighted by Gasteiger charge is -2.16. The molecule has 1 atom stereocenters. The molecule has 6 heteroatoms. The van der Waals surface area contributed by atoms with Gasteiger partial charge in [0.1, 0.15) is 0 Å². The SMILES string of the molecule is CC1CC=CC=C1C(=O)NCSC(F)(F)F. The maximum Gasteiger partial charge on any atom is 0.443 e. The summed E-state index contributed by atoms with van der Waals surface area (Å²) in [6.45, 7) is 1.87. The van der Waals surface area contributed by atoms with E-state index in [0.717, 1.165) is 6.42 Å². The fourth-order valence-corrected chi connectivity index (χ4v) is 1.70. The second kappa shape index (κ2) is 5.43. The fourth-order valence-electron chi connectivity index (χ4n) is 1.33. The Hall–Kier alpha value is -0.910. The van der Waals surface area contributed by atoms with E-state index < -0.39 is 17.3 Å². The standard InChI is InChI=1S/C10H12F3NOS/c1-7-4-2-3-5-8(7)9(15)14-6-16-10(11,12)13/h2-3,5,7H,4,6H2,1H3,(H,14,15). The number of alkyl halides is 3. The van der Waals surface area contributed by atoms with Crippen LogP contribution < -0.4 is 5.32 Å². The lowest BCUT2D eigenvalue weighted by molar-refractivity contribution is -0.117. The van der Waals surface area contributed by atoms with Gasteiger partial charge in [0.25, 0.3) is 0 Å². The van der Waals surface area contributed by atoms with Crippen molar-refractivity contribution in [1.82, 2.24) is 5.32 Å². The first-order chi connectivity index (χ1) is 7.40. The highest BCUT2D eigenvalue weighted by Gasteiger charge is 2.28. The molecule has 0 fully saturated rings. The van der Waals surface area contributed by atoms with Gasteiger partial charge in [-0.2, -0.15) is 13.2 Å². The van der Waals surface area contributed by atoms with E-state index >= 15 is 0 Å². The normalized spacial score (nSPS) is 20.5. The average Bonchev–Trinajstić information content (AvgIpc) is 2.16. The number of hydrogen-bond acceptors (Lipinski definition) is 2. The predicted octanol–water partition coefficient (Wildman–Crippen LogP) is 2.84. The Labute approximate surface area is 96.0 Å². The van der Waals surface area contributed by atoms with Gasteiger partial charge in [-0.25, -0.2) is 0 Å². The minimum atomic E-state index is -4.31. The molecule has 0 saturated carbocycles. The van der Waals surface area contributed by atoms with Gasteiger partial charge in [-0.15, -0.1) is 0 Å². The van der Waals surface area contributed by atoms with Crippen LogP contribution in [0.3, 0.4) is 0 Å². The van der Waals surface area contributed by atoms with Crippen molar-refractivity contribution in [2.75, 3.05) is 5.88 Å². The molecule has 1 aliphatic carbocycles. The van der Waals surface area contributed by atoms with Gasteiger partial charge in [-0.05, 0) is 24.1 Å². The first-order valence-corrected chi connectivity index (χ1v) is 5.74. The Bertz CT molecular complexity index is 323. The van der Waals surface area contributed by atoms with Crippen molar-refractivity contribution in [3.05, 3.63) is 23.8 Å². The molecule has 1 rings (SSSR count). The predicted molar refractivity (Wildman–Crippen MR) is 57.7 cm³/mol. The van der Waals surface area contributed by atoms with E-state index in [1.807, 2.05) is 13.0 Å². The molecular weight excluding hydrogens is 239 g/mol. The Balaban J connectivity index is 2.41. The Morgan fingerprint density at radius 2 is 2.31 bits per heavy atom. The molecule has 16 heavy (non-hydrogen) atoms. The van der Waals surface area contributed by atoms with Crippen molar-refractivity contribution >= 4 is 17.7 Å². The summed E-state index contributed by atoms with van der Waals surface area (Å²) in [6.07, 6.45) is 6.05. The molecule has 0 radical (unpaired) electrons. The van der Waals surface area contributed by atoms with Gasteiger partial charge in [-0.1, -0.05) is 25.2 Å². The summed E-state index contributed by atoms with van der Waals surface area (Å²) >= 11 is -0.250. The lowest BCUT2D eigenvalue weighted by atomic mass is 9.93. The third-order valence-electron chi connectivity index (χ3n) is 2.16. The van der Waals surface area contributed by atoms with Crippen molar-refractivity contribution in [2.24, 2.45) is 5.92 Å². The summed E-state index contributed by atoms with van der Waals surface area (Å²) in [5.41, 5.74) is -3.77. The lowest BCUT2D eigenvalue weighted by Crippen LogP contribution is -2.28. The molecule has 0 spiro atoms. The second-order valence-electron chi connectivity index (χ2n) is 3.43. The van der Waals surface area contributed by atoms with Gasteiger partial charge in [0.15, 0.2) is 0 Å². The molecule has 0 aromatic carbocycles. The fraction of sp³-hybridized carbons (Fsp3) is 0.500. The monoisotopic (exact) mass is 251 g/mol. The number of carbonyl (C=O) groups is 1. The molecule has 1 unspecified atom stereocenters. The van der Waals surface area contributed by atoms with Gasteiger partial charge >= 0.3 is 5.51 Å². The summed E-state index contributed by atoms with van der Waals surface area (Å²) in [5, 5.41) is 2.24. The van der Waals surface area contributed by atoms with E-state index in [1.54, 1.807) is 12.2 Å². The topological polar surface area (TPSA) is 29.1 Å². The zero-order valence-corrected chi connectivity index (χ0v) is 9.49. The van der Waals surface area contributed by atoms with Gasteiger partial charge in [0, 0.05) is 5.57 Å². The van der Waals surface area contributed by atoms with Crippen molar-refractivity contribution in [2.45, 2.75) is 18.9 Å². The van der Waals surface area contributed by atoms with E-state index in [2.05, 4.69) is 5.32 Å². The van der Waals surface area contributed by atoms with E-state index in [-0.39, 0.29) is 17.7 Å². The summed E-state index contributed by atoms with van der Waals surface area (Å²) < 4.78 is 35.4. The van der Waals surface area contributed by atoms with Crippen molar-refractivity contribution in [3.8, 4) is 0 Å². The molecule has 1 N–H and O–H groups in total. The molecule has 2 nitrogen and oxygen atoms in total. The first-order valence-electron chi connectivity index (χ1n) is 4.76. The van der Waals surface area contributed by atoms with Gasteiger partial charge in [0.05, 0.1) is 5.88 Å². The van der Waals surface area contributed by atoms with Crippen LogP contribution in [0.4, 0.5) is 13.2 Å². The van der Waals surface area contributed by atoms with Crippen molar-refractivity contribution < 1.29 is 18.0 Å². The van der Waals surface area contributed by atoms with E-state index in [0.29, 0.717) is 5.57 Å². The Morgan fingerprint density at radius 3 is 2.88 bits per heavy atom. The van der Waals surface area contributed by atoms with Crippen molar-refractivity contribution in [1.29, 1.82) is 0 Å². The van der Waals surface area contributed by atoms with E-state index in [9.17, 15) is 18.0 Å². The van der Waals surface area contributed by atoms with E-state index in [1.165, 1.54) is 0 Å². The third-order valence-corrected chi connectivity index (χ3v) is 2.78. The second-order valence-corrected chi connectivity index (χ2v) is 4.47. The molecule has 0 heterocycles. The van der Waals surface area contributed by atoms with Crippen LogP contribution in [-0.4, -0.2) is 17.3 Å². The molecule has 1 aliphatic rings. The number of allylic oxidation sites excluding steroid dienone is 3. The number of carbonyl (C=O) groups excluding carboxylic acids is 1. The average molecular weight is 251 g/mol. The molecule has 0 bridgehead atoms. The number of hydrogen-bond donors (Lipinski definition) is 1. The summed E-state index contributed by atoms with van der Waals surface area (Å²) in [4.78, 5) is 11.5. The van der Waals surface area contributed by atoms with Crippen LogP contribution in [0.15, 0.2) is 23.8 Å². The third kappa shape index (κ3) is 4.30. The Kier molecular flexibility index (Phi) is 4.46. The zero-order chi connectivity index (χ0) is 12.2. The van der Waals surface area contributed by atoms with Gasteiger partial charge in [-0.3, -0.25) is 4.79 Å². The summed E-state index contributed by atoms with van der Waals surface area (Å²) in [5.74, 6) is -0.815. The molecule has 0 aliphatic heterocycles. The highest BCUT2D eigenvalue weighted by atomic mass is 32.2. The molecule has 1 amide bonds. The number of thioether (sulfide) groups is 1. The van der Waals surface area contributed by atoms with Crippen LogP contribution in [0.2, 0.25) is 0 Å². The van der Waals surface area contributed by atoms with Crippen LogP contribution in [0.25, 0.3) is 0 Å². The van der Waals surface area contributed by atoms with Crippen molar-refractivity contribution in [3.63, 3.8) is 0 Å². The summed E-state index contributed by atoms with van der Waals surface area (Å²) in [6, 6.07) is 0. The van der Waals surface area contributed by atoms with Crippen LogP contribution in [-0.2, 0) is 4.79 Å². The number of amides is 1. The quantitative estimate of drug-likeness (QED) is 0.781. The smallest absolute Gasteiger partial charge is 0.343 e. The molecule has 0 aromatic heterocycles. The van der Waals surface area contributed by atoms with Crippen LogP contribution in [0.1, 0.15) is 13.3 Å². The van der Waals surface area contributed by atoms with Crippen LogP contribution >= 0.6 is 11.8 Å². The van der Waals surface area contributed by atoms with Gasteiger partial charge < -0.3 is 5.32 Å². The molecular formula is C10H12F3NOS. The number of halogens is 3. The minimum absolute atomic E-state index is 0.0564. The van der Waals surface area contributed by atoms with Crippen LogP contribution in [0.5, 0.6) is 0 Å². The van der Waals surface area contributed by atoms with E-state index in [4.69, 9.17) is 0 Å². The largest absolute Gasteiger partial charge is 0.443 e. The van der Waals surface area contributed by atoms with Crippen LogP contribution in [0, 0.1) is 5.92 Å². The number of rotatable bonds is 3. The number of nitrogens with one attached hydrogen (secondary N) is 1. The molecule has 0 aromatic rings. The highest BCUT2D eigenvalue weighted by Crippen LogP contribution is 2.29. The maximum atomic E-state index is 11.8. The van der Waals surface area contributed by atoms with Gasteiger partial charge in [0.2, 0.25) is 5.91 Å². The highest BCUT2D eigenvalue weighted by molar-refractivity contribution is 8.00. The first kappa shape index (κ1) is 13.2. The minimum Gasteiger partial charge on any atom is -0.343 e. The summed E-state index contributed by atoms with van der Waals surface area (Å²) in [7, 11) is 0.